The van der Waals surface area contributed by atoms with Gasteiger partial charge in [-0.25, -0.2) is 0 Å². The number of piperidine rings is 1. The van der Waals surface area contributed by atoms with Crippen LogP contribution >= 0.6 is 0 Å². The molecule has 1 heterocycles. The Balaban J connectivity index is 1.56. The summed E-state index contributed by atoms with van der Waals surface area (Å²) in [6.07, 6.45) is 15.2. The van der Waals surface area contributed by atoms with Crippen molar-refractivity contribution in [1.29, 1.82) is 0 Å². The van der Waals surface area contributed by atoms with Crippen LogP contribution in [-0.2, 0) is 6.42 Å². The molecule has 0 spiro atoms. The topological polar surface area (TPSA) is 15.6 Å². The van der Waals surface area contributed by atoms with Gasteiger partial charge in [-0.3, -0.25) is 4.99 Å². The minimum atomic E-state index is 0.664. The van der Waals surface area contributed by atoms with Crippen molar-refractivity contribution in [2.24, 2.45) is 4.99 Å². The van der Waals surface area contributed by atoms with Gasteiger partial charge in [-0.15, -0.1) is 0 Å². The molecule has 0 saturated carbocycles. The highest BCUT2D eigenvalue weighted by atomic mass is 15.1. The van der Waals surface area contributed by atoms with Gasteiger partial charge in [0.25, 0.3) is 0 Å². The highest BCUT2D eigenvalue weighted by Crippen LogP contribution is 2.26. The summed E-state index contributed by atoms with van der Waals surface area (Å²) in [6.45, 7) is 14.5. The van der Waals surface area contributed by atoms with Gasteiger partial charge in [0.1, 0.15) is 0 Å². The van der Waals surface area contributed by atoms with E-state index in [1.807, 2.05) is 0 Å². The maximum absolute atomic E-state index is 4.17. The Labute approximate surface area is 177 Å². The Morgan fingerprint density at radius 2 is 1.86 bits per heavy atom. The minimum absolute atomic E-state index is 0.664. The lowest BCUT2D eigenvalue weighted by Gasteiger charge is -2.26. The SMILES string of the molecule is C=NC/C(=C\CC1=CC=C(C)C(=C)C1)c1ccc(CCCN2CCCCC2)cc1. The van der Waals surface area contributed by atoms with Crippen molar-refractivity contribution in [3.63, 3.8) is 0 Å². The fourth-order valence-electron chi connectivity index (χ4n) is 4.20. The molecule has 1 aliphatic carbocycles. The molecule has 0 atom stereocenters. The molecule has 0 N–H and O–H groups in total. The van der Waals surface area contributed by atoms with Crippen molar-refractivity contribution < 1.29 is 0 Å². The van der Waals surface area contributed by atoms with E-state index in [1.54, 1.807) is 0 Å². The summed E-state index contributed by atoms with van der Waals surface area (Å²) in [6, 6.07) is 9.09. The van der Waals surface area contributed by atoms with Gasteiger partial charge in [0, 0.05) is 0 Å². The molecule has 1 aromatic carbocycles. The average molecular weight is 389 g/mol. The van der Waals surface area contributed by atoms with Gasteiger partial charge >= 0.3 is 0 Å². The van der Waals surface area contributed by atoms with E-state index in [4.69, 9.17) is 0 Å². The zero-order valence-electron chi connectivity index (χ0n) is 18.1. The van der Waals surface area contributed by atoms with Crippen molar-refractivity contribution in [1.82, 2.24) is 4.90 Å². The Morgan fingerprint density at radius 3 is 2.55 bits per heavy atom. The molecule has 29 heavy (non-hydrogen) atoms. The number of likely N-dealkylation sites (tertiary alicyclic amines) is 1. The molecule has 0 radical (unpaired) electrons. The summed E-state index contributed by atoms with van der Waals surface area (Å²) >= 11 is 0. The molecule has 1 fully saturated rings. The Kier molecular flexibility index (Phi) is 8.25. The van der Waals surface area contributed by atoms with Gasteiger partial charge in [-0.05, 0) is 99.6 Å². The van der Waals surface area contributed by atoms with Gasteiger partial charge in [-0.2, -0.15) is 0 Å². The predicted molar refractivity (Wildman–Crippen MR) is 128 cm³/mol. The minimum Gasteiger partial charge on any atom is -0.303 e. The van der Waals surface area contributed by atoms with Crippen LogP contribution in [0.1, 0.15) is 56.6 Å². The first-order chi connectivity index (χ1) is 14.2. The lowest BCUT2D eigenvalue weighted by Crippen LogP contribution is -2.30. The molecule has 3 rings (SSSR count). The second kappa shape index (κ2) is 11.1. The van der Waals surface area contributed by atoms with Crippen LogP contribution in [0.4, 0.5) is 0 Å². The Bertz CT molecular complexity index is 786. The maximum atomic E-state index is 4.17. The average Bonchev–Trinajstić information content (AvgIpc) is 2.75. The van der Waals surface area contributed by atoms with Crippen LogP contribution in [0.25, 0.3) is 5.57 Å². The standard InChI is InChI=1S/C27H36N2/c1-22-9-10-25(20-23(22)2)13-16-27(21-28-3)26-14-11-24(12-15-26)8-7-19-29-17-5-4-6-18-29/h9-12,14-16H,2-8,13,17-21H2,1H3/b27-16+. The first kappa shape index (κ1) is 21.5. The molecule has 0 amide bonds. The molecule has 1 aromatic rings. The first-order valence-corrected chi connectivity index (χ1v) is 11.1. The van der Waals surface area contributed by atoms with Crippen LogP contribution < -0.4 is 0 Å². The number of benzene rings is 1. The zero-order valence-corrected chi connectivity index (χ0v) is 18.1. The van der Waals surface area contributed by atoms with Gasteiger partial charge in [0.15, 0.2) is 0 Å². The number of aliphatic imine (C=N–C) groups is 1. The maximum Gasteiger partial charge on any atom is 0.0635 e. The second-order valence-electron chi connectivity index (χ2n) is 8.47. The van der Waals surface area contributed by atoms with E-state index in [0.717, 1.165) is 19.3 Å². The summed E-state index contributed by atoms with van der Waals surface area (Å²) in [5.41, 5.74) is 7.90. The molecule has 2 aliphatic rings. The number of nitrogens with zero attached hydrogens (tertiary/aromatic N) is 2. The summed E-state index contributed by atoms with van der Waals surface area (Å²) in [5.74, 6) is 0. The quantitative estimate of drug-likeness (QED) is 0.446. The Morgan fingerprint density at radius 1 is 1.10 bits per heavy atom. The van der Waals surface area contributed by atoms with E-state index < -0.39 is 0 Å². The third kappa shape index (κ3) is 6.68. The van der Waals surface area contributed by atoms with Crippen LogP contribution in [0.5, 0.6) is 0 Å². The fourth-order valence-corrected chi connectivity index (χ4v) is 4.20. The van der Waals surface area contributed by atoms with Crippen LogP contribution in [0, 0.1) is 0 Å². The van der Waals surface area contributed by atoms with E-state index in [0.29, 0.717) is 6.54 Å². The first-order valence-electron chi connectivity index (χ1n) is 11.1. The summed E-state index contributed by atoms with van der Waals surface area (Å²) in [5, 5.41) is 0. The van der Waals surface area contributed by atoms with Crippen LogP contribution in [0.3, 0.4) is 0 Å². The fraction of sp³-hybridized carbons (Fsp3) is 0.444. The van der Waals surface area contributed by atoms with Crippen molar-refractivity contribution in [3.8, 4) is 0 Å². The van der Waals surface area contributed by atoms with E-state index in [2.05, 4.69) is 72.6 Å². The van der Waals surface area contributed by atoms with Crippen molar-refractivity contribution >= 4 is 12.3 Å². The molecule has 0 unspecified atom stereocenters. The molecule has 2 nitrogen and oxygen atoms in total. The molecule has 0 aromatic heterocycles. The third-order valence-electron chi connectivity index (χ3n) is 6.17. The van der Waals surface area contributed by atoms with E-state index in [1.165, 1.54) is 78.7 Å². The number of aryl methyl sites for hydroxylation is 1. The molecule has 2 heteroatoms. The van der Waals surface area contributed by atoms with Crippen molar-refractivity contribution in [3.05, 3.63) is 76.9 Å². The van der Waals surface area contributed by atoms with E-state index >= 15 is 0 Å². The predicted octanol–water partition coefficient (Wildman–Crippen LogP) is 6.41. The molecular weight excluding hydrogens is 352 g/mol. The summed E-state index contributed by atoms with van der Waals surface area (Å²) < 4.78 is 0. The third-order valence-corrected chi connectivity index (χ3v) is 6.17. The largest absolute Gasteiger partial charge is 0.303 e. The second-order valence-corrected chi connectivity index (χ2v) is 8.47. The lowest BCUT2D eigenvalue weighted by atomic mass is 9.92. The monoisotopic (exact) mass is 388 g/mol. The molecule has 1 aliphatic heterocycles. The van der Waals surface area contributed by atoms with Gasteiger partial charge in [0.2, 0.25) is 0 Å². The zero-order chi connectivity index (χ0) is 20.5. The molecule has 1 saturated heterocycles. The van der Waals surface area contributed by atoms with Crippen molar-refractivity contribution in [2.75, 3.05) is 26.2 Å². The van der Waals surface area contributed by atoms with Crippen LogP contribution in [-0.4, -0.2) is 37.8 Å². The lowest BCUT2D eigenvalue weighted by molar-refractivity contribution is 0.226. The number of rotatable bonds is 9. The summed E-state index contributed by atoms with van der Waals surface area (Å²) in [7, 11) is 0. The normalized spacial score (nSPS) is 18.4. The van der Waals surface area contributed by atoms with E-state index in [9.17, 15) is 0 Å². The smallest absolute Gasteiger partial charge is 0.0635 e. The molecule has 154 valence electrons. The highest BCUT2D eigenvalue weighted by molar-refractivity contribution is 5.68. The van der Waals surface area contributed by atoms with E-state index in [-0.39, 0.29) is 0 Å². The number of hydrogen-bond donors (Lipinski definition) is 0. The molecular formula is C27H36N2. The Hall–Kier alpha value is -2.19. The van der Waals surface area contributed by atoms with Gasteiger partial charge in [-0.1, -0.05) is 61.1 Å². The van der Waals surface area contributed by atoms with Crippen LogP contribution in [0.15, 0.2) is 70.8 Å². The number of hydrogen-bond acceptors (Lipinski definition) is 2. The highest BCUT2D eigenvalue weighted by Gasteiger charge is 2.10. The summed E-state index contributed by atoms with van der Waals surface area (Å²) in [4.78, 5) is 6.78. The molecule has 0 bridgehead atoms. The van der Waals surface area contributed by atoms with Crippen molar-refractivity contribution in [2.45, 2.75) is 51.9 Å². The number of allylic oxidation sites excluding steroid dienone is 6. The van der Waals surface area contributed by atoms with Gasteiger partial charge in [0.05, 0.1) is 6.54 Å². The van der Waals surface area contributed by atoms with Gasteiger partial charge < -0.3 is 4.90 Å². The van der Waals surface area contributed by atoms with Crippen LogP contribution in [0.2, 0.25) is 0 Å².